The minimum atomic E-state index is -0.668. The summed E-state index contributed by atoms with van der Waals surface area (Å²) >= 11 is 7.93. The first-order valence-corrected chi connectivity index (χ1v) is 5.17. The molecule has 0 fully saturated rings. The number of aromatic hydroxyl groups is 1. The zero-order valence-electron chi connectivity index (χ0n) is 6.92. The third-order valence-corrected chi connectivity index (χ3v) is 3.13. The van der Waals surface area contributed by atoms with Gasteiger partial charge in [-0.25, -0.2) is 0 Å². The van der Waals surface area contributed by atoms with E-state index in [-0.39, 0.29) is 11.5 Å². The largest absolute Gasteiger partial charge is 0.508 e. The number of hydrogen-bond donors (Lipinski definition) is 1. The van der Waals surface area contributed by atoms with Crippen LogP contribution in [0.2, 0.25) is 0 Å². The zero-order chi connectivity index (χ0) is 10.0. The van der Waals surface area contributed by atoms with Crippen LogP contribution in [0, 0.1) is 3.57 Å². The number of ketones is 1. The summed E-state index contributed by atoms with van der Waals surface area (Å²) in [6.45, 7) is 1.43. The van der Waals surface area contributed by atoms with Crippen LogP contribution in [0.1, 0.15) is 17.9 Å². The Morgan fingerprint density at radius 2 is 2.23 bits per heavy atom. The maximum atomic E-state index is 11.0. The lowest BCUT2D eigenvalue weighted by molar-refractivity contribution is -0.116. The van der Waals surface area contributed by atoms with E-state index in [0.29, 0.717) is 5.56 Å². The monoisotopic (exact) mass is 310 g/mol. The van der Waals surface area contributed by atoms with E-state index in [2.05, 4.69) is 22.6 Å². The van der Waals surface area contributed by atoms with Crippen molar-refractivity contribution in [3.05, 3.63) is 27.3 Å². The predicted molar refractivity (Wildman–Crippen MR) is 60.1 cm³/mol. The molecular formula is C9H8ClIO2. The van der Waals surface area contributed by atoms with Gasteiger partial charge in [-0.15, -0.1) is 11.6 Å². The molecule has 4 heteroatoms. The quantitative estimate of drug-likeness (QED) is 0.674. The van der Waals surface area contributed by atoms with E-state index in [4.69, 9.17) is 11.6 Å². The van der Waals surface area contributed by atoms with Gasteiger partial charge in [-0.05, 0) is 53.3 Å². The molecule has 0 amide bonds. The third kappa shape index (κ3) is 2.57. The van der Waals surface area contributed by atoms with Gasteiger partial charge in [0.1, 0.15) is 11.1 Å². The van der Waals surface area contributed by atoms with E-state index in [1.807, 2.05) is 0 Å². The smallest absolute Gasteiger partial charge is 0.152 e. The Morgan fingerprint density at radius 3 is 2.77 bits per heavy atom. The number of carbonyl (C=O) groups excluding carboxylic acids is 1. The minimum Gasteiger partial charge on any atom is -0.508 e. The van der Waals surface area contributed by atoms with Crippen LogP contribution in [0.5, 0.6) is 5.75 Å². The van der Waals surface area contributed by atoms with Crippen molar-refractivity contribution in [2.75, 3.05) is 0 Å². The van der Waals surface area contributed by atoms with Gasteiger partial charge in [-0.3, -0.25) is 4.79 Å². The highest BCUT2D eigenvalue weighted by atomic mass is 127. The van der Waals surface area contributed by atoms with E-state index in [0.717, 1.165) is 3.57 Å². The van der Waals surface area contributed by atoms with Crippen LogP contribution in [0.25, 0.3) is 0 Å². The van der Waals surface area contributed by atoms with Gasteiger partial charge in [0.15, 0.2) is 5.78 Å². The summed E-state index contributed by atoms with van der Waals surface area (Å²) in [5.74, 6) is 0.00694. The first-order valence-electron chi connectivity index (χ1n) is 3.65. The van der Waals surface area contributed by atoms with Crippen molar-refractivity contribution < 1.29 is 9.90 Å². The molecular weight excluding hydrogens is 302 g/mol. The molecule has 0 aliphatic carbocycles. The molecule has 1 atom stereocenters. The summed E-state index contributed by atoms with van der Waals surface area (Å²) in [6, 6.07) is 4.80. The molecule has 0 saturated heterocycles. The lowest BCUT2D eigenvalue weighted by Gasteiger charge is -2.08. The van der Waals surface area contributed by atoms with Gasteiger partial charge >= 0.3 is 0 Å². The summed E-state index contributed by atoms with van der Waals surface area (Å²) in [6.07, 6.45) is 0. The first-order chi connectivity index (χ1) is 6.02. The van der Waals surface area contributed by atoms with Crippen molar-refractivity contribution in [1.82, 2.24) is 0 Å². The van der Waals surface area contributed by atoms with Gasteiger partial charge in [0.2, 0.25) is 0 Å². The number of halogens is 2. The third-order valence-electron chi connectivity index (χ3n) is 1.61. The van der Waals surface area contributed by atoms with Crippen LogP contribution in [0.15, 0.2) is 18.2 Å². The Kier molecular flexibility index (Phi) is 3.55. The molecule has 2 nitrogen and oxygen atoms in total. The number of Topliss-reactive ketones (excluding diaryl/α,β-unsaturated/α-hetero) is 1. The molecule has 1 aromatic carbocycles. The van der Waals surface area contributed by atoms with Gasteiger partial charge in [-0.2, -0.15) is 0 Å². The number of phenolic OH excluding ortho intramolecular Hbond substituents is 1. The maximum absolute atomic E-state index is 11.0. The van der Waals surface area contributed by atoms with E-state index in [1.54, 1.807) is 12.1 Å². The summed E-state index contributed by atoms with van der Waals surface area (Å²) in [5.41, 5.74) is 0.662. The second-order valence-corrected chi connectivity index (χ2v) is 4.28. The molecule has 0 saturated carbocycles. The fraction of sp³-hybridized carbons (Fsp3) is 0.222. The summed E-state index contributed by atoms with van der Waals surface area (Å²) in [5, 5.41) is 8.53. The molecule has 0 bridgehead atoms. The summed E-state index contributed by atoms with van der Waals surface area (Å²) < 4.78 is 0.880. The van der Waals surface area contributed by atoms with E-state index >= 15 is 0 Å². The summed E-state index contributed by atoms with van der Waals surface area (Å²) in [7, 11) is 0. The Morgan fingerprint density at radius 1 is 1.62 bits per heavy atom. The van der Waals surface area contributed by atoms with E-state index in [1.165, 1.54) is 13.0 Å². The molecule has 0 aromatic heterocycles. The lowest BCUT2D eigenvalue weighted by atomic mass is 10.1. The number of alkyl halides is 1. The molecule has 70 valence electrons. The van der Waals surface area contributed by atoms with Gasteiger partial charge in [0, 0.05) is 3.57 Å². The number of carbonyl (C=O) groups is 1. The van der Waals surface area contributed by atoms with Gasteiger partial charge < -0.3 is 5.11 Å². The van der Waals surface area contributed by atoms with Crippen molar-refractivity contribution in [2.45, 2.75) is 12.3 Å². The van der Waals surface area contributed by atoms with Crippen molar-refractivity contribution in [3.63, 3.8) is 0 Å². The number of phenols is 1. The lowest BCUT2D eigenvalue weighted by Crippen LogP contribution is -2.03. The Bertz CT molecular complexity index is 338. The zero-order valence-corrected chi connectivity index (χ0v) is 9.83. The van der Waals surface area contributed by atoms with Gasteiger partial charge in [-0.1, -0.05) is 0 Å². The average molecular weight is 311 g/mol. The van der Waals surface area contributed by atoms with Crippen LogP contribution in [-0.4, -0.2) is 10.9 Å². The molecule has 1 N–H and O–H groups in total. The highest BCUT2D eigenvalue weighted by molar-refractivity contribution is 14.1. The second kappa shape index (κ2) is 4.28. The Labute approximate surface area is 95.0 Å². The van der Waals surface area contributed by atoms with Crippen LogP contribution in [0.4, 0.5) is 0 Å². The summed E-state index contributed by atoms with van der Waals surface area (Å²) in [4.78, 5) is 11.0. The molecule has 0 heterocycles. The topological polar surface area (TPSA) is 37.3 Å². The second-order valence-electron chi connectivity index (χ2n) is 2.68. The van der Waals surface area contributed by atoms with Crippen LogP contribution < -0.4 is 0 Å². The van der Waals surface area contributed by atoms with Crippen molar-refractivity contribution >= 4 is 40.0 Å². The van der Waals surface area contributed by atoms with Gasteiger partial charge in [0.05, 0.1) is 0 Å². The SMILES string of the molecule is CC(=O)C(Cl)c1cc(O)ccc1I. The first kappa shape index (κ1) is 10.8. The Balaban J connectivity index is 3.12. The van der Waals surface area contributed by atoms with Crippen molar-refractivity contribution in [3.8, 4) is 5.75 Å². The normalized spacial score (nSPS) is 12.5. The minimum absolute atomic E-state index is 0.120. The molecule has 1 rings (SSSR count). The molecule has 13 heavy (non-hydrogen) atoms. The van der Waals surface area contributed by atoms with Crippen LogP contribution in [-0.2, 0) is 4.79 Å². The van der Waals surface area contributed by atoms with Crippen LogP contribution in [0.3, 0.4) is 0 Å². The molecule has 0 aliphatic rings. The van der Waals surface area contributed by atoms with E-state index < -0.39 is 5.38 Å². The van der Waals surface area contributed by atoms with Gasteiger partial charge in [0.25, 0.3) is 0 Å². The van der Waals surface area contributed by atoms with Crippen molar-refractivity contribution in [1.29, 1.82) is 0 Å². The molecule has 1 aromatic rings. The highest BCUT2D eigenvalue weighted by Crippen LogP contribution is 2.29. The Hall–Kier alpha value is -0.290. The average Bonchev–Trinajstić information content (AvgIpc) is 2.08. The molecule has 0 radical (unpaired) electrons. The predicted octanol–water partition coefficient (Wildman–Crippen LogP) is 2.87. The number of rotatable bonds is 2. The fourth-order valence-corrected chi connectivity index (χ4v) is 1.96. The van der Waals surface area contributed by atoms with Crippen molar-refractivity contribution in [2.24, 2.45) is 0 Å². The highest BCUT2D eigenvalue weighted by Gasteiger charge is 2.16. The molecule has 0 spiro atoms. The van der Waals surface area contributed by atoms with Crippen LogP contribution >= 0.6 is 34.2 Å². The fourth-order valence-electron chi connectivity index (χ4n) is 0.944. The number of hydrogen-bond acceptors (Lipinski definition) is 2. The molecule has 0 aliphatic heterocycles. The maximum Gasteiger partial charge on any atom is 0.152 e. The van der Waals surface area contributed by atoms with E-state index in [9.17, 15) is 9.90 Å². The molecule has 1 unspecified atom stereocenters. The number of benzene rings is 1. The standard InChI is InChI=1S/C9H8ClIO2/c1-5(12)9(10)7-4-6(13)2-3-8(7)11/h2-4,9,13H,1H3.